The summed E-state index contributed by atoms with van der Waals surface area (Å²) in [6.45, 7) is 6.52. The number of hydrogen-bond acceptors (Lipinski definition) is 2. The fraction of sp³-hybridized carbons (Fsp3) is 0.300. The zero-order chi connectivity index (χ0) is 20.4. The number of para-hydroxylation sites is 1. The summed E-state index contributed by atoms with van der Waals surface area (Å²) in [5.41, 5.74) is -0.411. The second kappa shape index (κ2) is 7.42. The Bertz CT molecular complexity index is 874. The van der Waals surface area contributed by atoms with Gasteiger partial charge in [0.15, 0.2) is 0 Å². The number of carbonyl (C=O) groups excluding carboxylic acids is 2. The van der Waals surface area contributed by atoms with E-state index in [1.54, 1.807) is 12.1 Å². The molecule has 0 radical (unpaired) electrons. The van der Waals surface area contributed by atoms with E-state index >= 15 is 0 Å². The molecule has 0 aliphatic rings. The molecule has 0 saturated heterocycles. The minimum atomic E-state index is -4.62. The lowest BCUT2D eigenvalue weighted by atomic mass is 9.90. The molecular formula is C20H21F3N2O2. The van der Waals surface area contributed by atoms with Crippen LogP contribution >= 0.6 is 0 Å². The van der Waals surface area contributed by atoms with Gasteiger partial charge in [0.1, 0.15) is 5.41 Å². The van der Waals surface area contributed by atoms with Crippen LogP contribution < -0.4 is 10.6 Å². The van der Waals surface area contributed by atoms with E-state index in [9.17, 15) is 22.8 Å². The first-order valence-electron chi connectivity index (χ1n) is 8.29. The van der Waals surface area contributed by atoms with Crippen LogP contribution in [-0.2, 0) is 15.8 Å². The number of nitrogens with one attached hydrogen (secondary N) is 2. The Balaban J connectivity index is 2.19. The van der Waals surface area contributed by atoms with Gasteiger partial charge in [0.05, 0.1) is 11.3 Å². The molecule has 0 heterocycles. The van der Waals surface area contributed by atoms with Gasteiger partial charge in [-0.1, -0.05) is 18.2 Å². The Labute approximate surface area is 155 Å². The van der Waals surface area contributed by atoms with Gasteiger partial charge in [-0.25, -0.2) is 0 Å². The Hall–Kier alpha value is -2.83. The molecule has 0 spiro atoms. The van der Waals surface area contributed by atoms with Crippen LogP contribution in [0.1, 0.15) is 30.5 Å². The van der Waals surface area contributed by atoms with Gasteiger partial charge in [-0.05, 0) is 63.1 Å². The van der Waals surface area contributed by atoms with Crippen LogP contribution in [0.2, 0.25) is 0 Å². The number of aryl methyl sites for hydroxylation is 2. The predicted octanol–water partition coefficient (Wildman–Crippen LogP) is 4.93. The van der Waals surface area contributed by atoms with Crippen LogP contribution in [0.15, 0.2) is 42.5 Å². The van der Waals surface area contributed by atoms with Crippen molar-refractivity contribution < 1.29 is 22.8 Å². The molecule has 0 fully saturated rings. The molecule has 0 aliphatic carbocycles. The second-order valence-corrected chi connectivity index (χ2v) is 6.88. The molecule has 2 aromatic carbocycles. The first-order valence-corrected chi connectivity index (χ1v) is 8.29. The summed E-state index contributed by atoms with van der Waals surface area (Å²) in [7, 11) is 0. The van der Waals surface area contributed by atoms with Crippen molar-refractivity contribution in [3.05, 3.63) is 59.2 Å². The summed E-state index contributed by atoms with van der Waals surface area (Å²) in [6, 6.07) is 9.93. The van der Waals surface area contributed by atoms with Crippen molar-refractivity contribution in [2.24, 2.45) is 5.41 Å². The number of hydrogen-bond donors (Lipinski definition) is 2. The average molecular weight is 378 g/mol. The highest BCUT2D eigenvalue weighted by atomic mass is 19.4. The summed E-state index contributed by atoms with van der Waals surface area (Å²) >= 11 is 0. The molecule has 4 nitrogen and oxygen atoms in total. The largest absolute Gasteiger partial charge is 0.418 e. The van der Waals surface area contributed by atoms with Crippen molar-refractivity contribution >= 4 is 23.2 Å². The summed E-state index contributed by atoms with van der Waals surface area (Å²) in [5.74, 6) is -1.45. The number of alkyl halides is 3. The van der Waals surface area contributed by atoms with Crippen LogP contribution in [0, 0.1) is 19.3 Å². The maximum absolute atomic E-state index is 13.1. The molecule has 0 saturated carbocycles. The number of anilines is 2. The molecular weight excluding hydrogens is 357 g/mol. The molecule has 7 heteroatoms. The highest BCUT2D eigenvalue weighted by molar-refractivity contribution is 6.14. The number of rotatable bonds is 4. The zero-order valence-corrected chi connectivity index (χ0v) is 15.5. The number of halogens is 3. The Morgan fingerprint density at radius 1 is 0.852 bits per heavy atom. The number of benzene rings is 2. The van der Waals surface area contributed by atoms with Crippen molar-refractivity contribution in [3.8, 4) is 0 Å². The predicted molar refractivity (Wildman–Crippen MR) is 98.4 cm³/mol. The normalized spacial score (nSPS) is 11.8. The van der Waals surface area contributed by atoms with E-state index < -0.39 is 29.0 Å². The van der Waals surface area contributed by atoms with Gasteiger partial charge < -0.3 is 10.6 Å². The van der Waals surface area contributed by atoms with E-state index in [-0.39, 0.29) is 5.69 Å². The van der Waals surface area contributed by atoms with Gasteiger partial charge >= 0.3 is 6.18 Å². The minimum Gasteiger partial charge on any atom is -0.325 e. The van der Waals surface area contributed by atoms with Gasteiger partial charge in [-0.15, -0.1) is 0 Å². The summed E-state index contributed by atoms with van der Waals surface area (Å²) in [6.07, 6.45) is -4.62. The standard InChI is InChI=1S/C20H21F3N2O2/c1-12-9-10-14(11-13(12)2)24-17(26)19(3,4)18(27)25-16-8-6-5-7-15(16)20(21,22)23/h5-11H,1-4H3,(H,24,26)(H,25,27). The van der Waals surface area contributed by atoms with Crippen molar-refractivity contribution in [1.29, 1.82) is 0 Å². The molecule has 0 aromatic heterocycles. The molecule has 2 N–H and O–H groups in total. The highest BCUT2D eigenvalue weighted by Crippen LogP contribution is 2.35. The van der Waals surface area contributed by atoms with Crippen molar-refractivity contribution in [1.82, 2.24) is 0 Å². The smallest absolute Gasteiger partial charge is 0.325 e. The number of carbonyl (C=O) groups is 2. The summed E-state index contributed by atoms with van der Waals surface area (Å²) in [4.78, 5) is 25.1. The lowest BCUT2D eigenvalue weighted by Gasteiger charge is -2.24. The van der Waals surface area contributed by atoms with Crippen LogP contribution in [-0.4, -0.2) is 11.8 Å². The Morgan fingerprint density at radius 2 is 1.44 bits per heavy atom. The van der Waals surface area contributed by atoms with Crippen molar-refractivity contribution in [3.63, 3.8) is 0 Å². The van der Waals surface area contributed by atoms with Crippen LogP contribution in [0.25, 0.3) is 0 Å². The van der Waals surface area contributed by atoms with Crippen LogP contribution in [0.3, 0.4) is 0 Å². The third kappa shape index (κ3) is 4.67. The monoisotopic (exact) mass is 378 g/mol. The quantitative estimate of drug-likeness (QED) is 0.742. The van der Waals surface area contributed by atoms with Gasteiger partial charge in [-0.2, -0.15) is 13.2 Å². The third-order valence-corrected chi connectivity index (χ3v) is 4.38. The van der Waals surface area contributed by atoms with Gasteiger partial charge in [0, 0.05) is 5.69 Å². The molecule has 2 rings (SSSR count). The molecule has 2 aromatic rings. The summed E-state index contributed by atoms with van der Waals surface area (Å²) in [5, 5.41) is 4.86. The molecule has 27 heavy (non-hydrogen) atoms. The van der Waals surface area contributed by atoms with Gasteiger partial charge in [-0.3, -0.25) is 9.59 Å². The lowest BCUT2D eigenvalue weighted by Crippen LogP contribution is -2.41. The fourth-order valence-electron chi connectivity index (χ4n) is 2.33. The van der Waals surface area contributed by atoms with E-state index in [4.69, 9.17) is 0 Å². The third-order valence-electron chi connectivity index (χ3n) is 4.38. The maximum atomic E-state index is 13.1. The van der Waals surface area contributed by atoms with Gasteiger partial charge in [0.25, 0.3) is 0 Å². The molecule has 2 amide bonds. The van der Waals surface area contributed by atoms with E-state index in [2.05, 4.69) is 10.6 Å². The zero-order valence-electron chi connectivity index (χ0n) is 15.5. The van der Waals surface area contributed by atoms with Crippen molar-refractivity contribution in [2.75, 3.05) is 10.6 Å². The van der Waals surface area contributed by atoms with Gasteiger partial charge in [0.2, 0.25) is 11.8 Å². The van der Waals surface area contributed by atoms with Crippen LogP contribution in [0.5, 0.6) is 0 Å². The highest BCUT2D eigenvalue weighted by Gasteiger charge is 2.39. The number of amides is 2. The minimum absolute atomic E-state index is 0.387. The van der Waals surface area contributed by atoms with E-state index in [0.717, 1.165) is 23.3 Å². The molecule has 0 atom stereocenters. The van der Waals surface area contributed by atoms with E-state index in [1.165, 1.54) is 26.0 Å². The average Bonchev–Trinajstić information content (AvgIpc) is 2.57. The first-order chi connectivity index (χ1) is 12.4. The topological polar surface area (TPSA) is 58.2 Å². The van der Waals surface area contributed by atoms with E-state index in [0.29, 0.717) is 5.69 Å². The fourth-order valence-corrected chi connectivity index (χ4v) is 2.33. The van der Waals surface area contributed by atoms with E-state index in [1.807, 2.05) is 19.9 Å². The molecule has 0 bridgehead atoms. The maximum Gasteiger partial charge on any atom is 0.418 e. The lowest BCUT2D eigenvalue weighted by molar-refractivity contribution is -0.137. The molecule has 144 valence electrons. The Kier molecular flexibility index (Phi) is 5.63. The molecule has 0 aliphatic heterocycles. The van der Waals surface area contributed by atoms with Crippen LogP contribution in [0.4, 0.5) is 24.5 Å². The first kappa shape index (κ1) is 20.5. The SMILES string of the molecule is Cc1ccc(NC(=O)C(C)(C)C(=O)Nc2ccccc2C(F)(F)F)cc1C. The second-order valence-electron chi connectivity index (χ2n) is 6.88. The summed E-state index contributed by atoms with van der Waals surface area (Å²) < 4.78 is 39.2. The molecule has 0 unspecified atom stereocenters. The Morgan fingerprint density at radius 3 is 2.04 bits per heavy atom. The van der Waals surface area contributed by atoms with Crippen molar-refractivity contribution in [2.45, 2.75) is 33.9 Å².